The molecule has 3 rings (SSSR count). The lowest BCUT2D eigenvalue weighted by Gasteiger charge is -2.37. The second-order valence-electron chi connectivity index (χ2n) is 6.85. The topological polar surface area (TPSA) is 80.3 Å². The molecule has 6 nitrogen and oxygen atoms in total. The predicted octanol–water partition coefficient (Wildman–Crippen LogP) is 1.84. The van der Waals surface area contributed by atoms with E-state index in [0.717, 1.165) is 36.9 Å². The summed E-state index contributed by atoms with van der Waals surface area (Å²) in [7, 11) is -1.98. The molecule has 1 aromatic carbocycles. The first-order valence-corrected chi connectivity index (χ1v) is 9.99. The fraction of sp³-hybridized carbons (Fsp3) is 0.500. The van der Waals surface area contributed by atoms with E-state index in [9.17, 15) is 8.42 Å². The highest BCUT2D eigenvalue weighted by molar-refractivity contribution is 7.89. The van der Waals surface area contributed by atoms with E-state index in [1.165, 1.54) is 0 Å². The first-order valence-electron chi connectivity index (χ1n) is 8.51. The van der Waals surface area contributed by atoms with Crippen LogP contribution in [0.15, 0.2) is 35.4 Å². The standard InChI is InChI=1S/C18H25N3O3S/c1-14-10-15-4-3-5-16(17(15)20-11-14)25(22,23)21-12-18(13-24-2)6-8-19-9-7-18/h3-5,10-11,19,21H,6-9,12-13H2,1-2H3. The SMILES string of the molecule is COCC1(CNS(=O)(=O)c2cccc3cc(C)cnc23)CCNCC1. The van der Waals surface area contributed by atoms with Gasteiger partial charge in [-0.05, 0) is 50.6 Å². The Morgan fingerprint density at radius 3 is 2.80 bits per heavy atom. The summed E-state index contributed by atoms with van der Waals surface area (Å²) >= 11 is 0. The normalized spacial score (nSPS) is 17.7. The Kier molecular flexibility index (Phi) is 5.38. The van der Waals surface area contributed by atoms with Gasteiger partial charge in [-0.3, -0.25) is 4.98 Å². The summed E-state index contributed by atoms with van der Waals surface area (Å²) in [5, 5.41) is 4.14. The third-order valence-electron chi connectivity index (χ3n) is 4.85. The zero-order valence-corrected chi connectivity index (χ0v) is 15.5. The van der Waals surface area contributed by atoms with Crippen LogP contribution in [-0.4, -0.2) is 46.8 Å². The minimum absolute atomic E-state index is 0.165. The van der Waals surface area contributed by atoms with Crippen LogP contribution in [0.25, 0.3) is 10.9 Å². The lowest BCUT2D eigenvalue weighted by molar-refractivity contribution is 0.0577. The Morgan fingerprint density at radius 2 is 2.08 bits per heavy atom. The largest absolute Gasteiger partial charge is 0.384 e. The fourth-order valence-corrected chi connectivity index (χ4v) is 4.76. The first kappa shape index (κ1) is 18.3. The van der Waals surface area contributed by atoms with Crippen LogP contribution >= 0.6 is 0 Å². The van der Waals surface area contributed by atoms with Crippen molar-refractivity contribution in [1.29, 1.82) is 0 Å². The van der Waals surface area contributed by atoms with Gasteiger partial charge in [0.2, 0.25) is 10.0 Å². The average molecular weight is 363 g/mol. The highest BCUT2D eigenvalue weighted by Gasteiger charge is 2.34. The Balaban J connectivity index is 1.87. The number of methoxy groups -OCH3 is 1. The first-order chi connectivity index (χ1) is 12.0. The van der Waals surface area contributed by atoms with Crippen molar-refractivity contribution >= 4 is 20.9 Å². The maximum absolute atomic E-state index is 12.9. The second kappa shape index (κ2) is 7.37. The van der Waals surface area contributed by atoms with E-state index in [2.05, 4.69) is 15.0 Å². The number of piperidine rings is 1. The molecule has 1 aromatic heterocycles. The Morgan fingerprint density at radius 1 is 1.32 bits per heavy atom. The van der Waals surface area contributed by atoms with Gasteiger partial charge >= 0.3 is 0 Å². The second-order valence-corrected chi connectivity index (χ2v) is 8.58. The third kappa shape index (κ3) is 4.00. The molecule has 1 aliphatic rings. The van der Waals surface area contributed by atoms with Gasteiger partial charge in [0.25, 0.3) is 0 Å². The average Bonchev–Trinajstić information content (AvgIpc) is 2.60. The van der Waals surface area contributed by atoms with E-state index in [4.69, 9.17) is 4.74 Å². The van der Waals surface area contributed by atoms with Gasteiger partial charge in [0.1, 0.15) is 4.90 Å². The number of ether oxygens (including phenoxy) is 1. The van der Waals surface area contributed by atoms with Crippen molar-refractivity contribution in [2.45, 2.75) is 24.7 Å². The molecule has 0 spiro atoms. The van der Waals surface area contributed by atoms with Gasteiger partial charge in [-0.1, -0.05) is 12.1 Å². The number of fused-ring (bicyclic) bond motifs is 1. The van der Waals surface area contributed by atoms with Crippen LogP contribution in [0.4, 0.5) is 0 Å². The van der Waals surface area contributed by atoms with Gasteiger partial charge in [-0.15, -0.1) is 0 Å². The number of sulfonamides is 1. The van der Waals surface area contributed by atoms with Gasteiger partial charge in [-0.2, -0.15) is 0 Å². The van der Waals surface area contributed by atoms with Crippen LogP contribution in [0, 0.1) is 12.3 Å². The molecular formula is C18H25N3O3S. The highest BCUT2D eigenvalue weighted by atomic mass is 32.2. The zero-order valence-electron chi connectivity index (χ0n) is 14.7. The summed E-state index contributed by atoms with van der Waals surface area (Å²) in [5.41, 5.74) is 1.34. The summed E-state index contributed by atoms with van der Waals surface area (Å²) in [6, 6.07) is 7.19. The van der Waals surface area contributed by atoms with Crippen LogP contribution in [0.5, 0.6) is 0 Å². The van der Waals surface area contributed by atoms with Gasteiger partial charge in [0, 0.05) is 30.7 Å². The number of benzene rings is 1. The number of aromatic nitrogens is 1. The molecule has 0 aliphatic carbocycles. The predicted molar refractivity (Wildman–Crippen MR) is 98.1 cm³/mol. The summed E-state index contributed by atoms with van der Waals surface area (Å²) < 4.78 is 34.0. The molecule has 1 aliphatic heterocycles. The number of rotatable bonds is 6. The van der Waals surface area contributed by atoms with Crippen molar-refractivity contribution in [2.24, 2.45) is 5.41 Å². The van der Waals surface area contributed by atoms with E-state index < -0.39 is 10.0 Å². The molecule has 0 radical (unpaired) electrons. The van der Waals surface area contributed by atoms with Crippen molar-refractivity contribution in [2.75, 3.05) is 33.4 Å². The summed E-state index contributed by atoms with van der Waals surface area (Å²) in [6.45, 7) is 4.61. The Labute approximate surface area is 149 Å². The number of pyridine rings is 1. The third-order valence-corrected chi connectivity index (χ3v) is 6.28. The number of hydrogen-bond acceptors (Lipinski definition) is 5. The molecule has 0 bridgehead atoms. The van der Waals surface area contributed by atoms with Crippen LogP contribution in [0.2, 0.25) is 0 Å². The van der Waals surface area contributed by atoms with E-state index in [1.54, 1.807) is 25.4 Å². The number of nitrogens with zero attached hydrogens (tertiary/aromatic N) is 1. The summed E-state index contributed by atoms with van der Waals surface area (Å²) in [4.78, 5) is 4.57. The highest BCUT2D eigenvalue weighted by Crippen LogP contribution is 2.29. The minimum atomic E-state index is -3.64. The van der Waals surface area contributed by atoms with Crippen LogP contribution in [0.3, 0.4) is 0 Å². The van der Waals surface area contributed by atoms with Crippen LogP contribution in [-0.2, 0) is 14.8 Å². The molecule has 2 N–H and O–H groups in total. The lowest BCUT2D eigenvalue weighted by atomic mass is 9.80. The number of aryl methyl sites for hydroxylation is 1. The van der Waals surface area contributed by atoms with E-state index in [0.29, 0.717) is 18.7 Å². The molecule has 1 saturated heterocycles. The number of para-hydroxylation sites is 1. The molecule has 25 heavy (non-hydrogen) atoms. The quantitative estimate of drug-likeness (QED) is 0.819. The van der Waals surface area contributed by atoms with Crippen LogP contribution < -0.4 is 10.0 Å². The van der Waals surface area contributed by atoms with E-state index >= 15 is 0 Å². The van der Waals surface area contributed by atoms with Crippen molar-refractivity contribution in [3.8, 4) is 0 Å². The molecule has 7 heteroatoms. The maximum atomic E-state index is 12.9. The smallest absolute Gasteiger partial charge is 0.242 e. The minimum Gasteiger partial charge on any atom is -0.384 e. The van der Waals surface area contributed by atoms with Gasteiger partial charge in [-0.25, -0.2) is 13.1 Å². The Hall–Kier alpha value is -1.54. The van der Waals surface area contributed by atoms with Gasteiger partial charge in [0.05, 0.1) is 12.1 Å². The molecule has 0 unspecified atom stereocenters. The van der Waals surface area contributed by atoms with Crippen molar-refractivity contribution < 1.29 is 13.2 Å². The Bertz CT molecular complexity index is 840. The van der Waals surface area contributed by atoms with Crippen molar-refractivity contribution in [3.05, 3.63) is 36.0 Å². The van der Waals surface area contributed by atoms with Crippen molar-refractivity contribution in [3.63, 3.8) is 0 Å². The molecule has 1 fully saturated rings. The molecule has 2 aromatic rings. The van der Waals surface area contributed by atoms with Crippen LogP contribution in [0.1, 0.15) is 18.4 Å². The molecule has 0 amide bonds. The maximum Gasteiger partial charge on any atom is 0.242 e. The van der Waals surface area contributed by atoms with E-state index in [-0.39, 0.29) is 10.3 Å². The molecule has 0 saturated carbocycles. The zero-order chi connectivity index (χ0) is 17.9. The monoisotopic (exact) mass is 363 g/mol. The summed E-state index contributed by atoms with van der Waals surface area (Å²) in [5.74, 6) is 0. The van der Waals surface area contributed by atoms with Gasteiger partial charge in [0.15, 0.2) is 0 Å². The molecule has 0 atom stereocenters. The van der Waals surface area contributed by atoms with Crippen molar-refractivity contribution in [1.82, 2.24) is 15.0 Å². The molecule has 136 valence electrons. The number of hydrogen-bond donors (Lipinski definition) is 2. The van der Waals surface area contributed by atoms with Gasteiger partial charge < -0.3 is 10.1 Å². The number of nitrogens with one attached hydrogen (secondary N) is 2. The van der Waals surface area contributed by atoms with E-state index in [1.807, 2.05) is 19.1 Å². The summed E-state index contributed by atoms with van der Waals surface area (Å²) in [6.07, 6.45) is 3.47. The molecule has 2 heterocycles. The molecular weight excluding hydrogens is 338 g/mol. The fourth-order valence-electron chi connectivity index (χ4n) is 3.42. The lowest BCUT2D eigenvalue weighted by Crippen LogP contribution is -2.47.